The molecule has 0 saturated carbocycles. The molecular formula is C18H16Br2N2O3. The van der Waals surface area contributed by atoms with Crippen LogP contribution in [0.1, 0.15) is 18.4 Å². The summed E-state index contributed by atoms with van der Waals surface area (Å²) in [6.07, 6.45) is 0.893. The Bertz CT molecular complexity index is 803. The van der Waals surface area contributed by atoms with E-state index in [0.29, 0.717) is 36.5 Å². The van der Waals surface area contributed by atoms with Gasteiger partial charge in [0.15, 0.2) is 11.5 Å². The van der Waals surface area contributed by atoms with Crippen molar-refractivity contribution in [2.24, 2.45) is 0 Å². The predicted octanol–water partition coefficient (Wildman–Crippen LogP) is 4.89. The number of nitrogens with zero attached hydrogens (tertiary/aromatic N) is 1. The first-order valence-electron chi connectivity index (χ1n) is 7.49. The number of anilines is 1. The number of methoxy groups -OCH3 is 1. The molecule has 0 spiro atoms. The molecule has 0 atom stereocenters. The zero-order chi connectivity index (χ0) is 18.2. The second-order valence-electron chi connectivity index (χ2n) is 5.10. The zero-order valence-corrected chi connectivity index (χ0v) is 16.7. The van der Waals surface area contributed by atoms with Crippen LogP contribution in [-0.4, -0.2) is 19.6 Å². The van der Waals surface area contributed by atoms with E-state index in [-0.39, 0.29) is 5.91 Å². The summed E-state index contributed by atoms with van der Waals surface area (Å²) >= 11 is 6.78. The fraction of sp³-hybridized carbons (Fsp3) is 0.222. The van der Waals surface area contributed by atoms with E-state index in [1.54, 1.807) is 18.2 Å². The zero-order valence-electron chi connectivity index (χ0n) is 13.5. The van der Waals surface area contributed by atoms with Crippen molar-refractivity contribution >= 4 is 43.5 Å². The summed E-state index contributed by atoms with van der Waals surface area (Å²) in [6.45, 7) is 0.372. The number of amides is 1. The number of nitrogens with one attached hydrogen (secondary N) is 1. The van der Waals surface area contributed by atoms with Gasteiger partial charge in [-0.15, -0.1) is 0 Å². The van der Waals surface area contributed by atoms with Gasteiger partial charge in [0.25, 0.3) is 0 Å². The van der Waals surface area contributed by atoms with Gasteiger partial charge in [0, 0.05) is 21.4 Å². The molecule has 0 aromatic heterocycles. The van der Waals surface area contributed by atoms with Gasteiger partial charge >= 0.3 is 0 Å². The maximum Gasteiger partial charge on any atom is 0.224 e. The third-order valence-electron chi connectivity index (χ3n) is 3.30. The number of halogens is 2. The number of hydrogen-bond acceptors (Lipinski definition) is 4. The van der Waals surface area contributed by atoms with Crippen LogP contribution in [0.2, 0.25) is 0 Å². The van der Waals surface area contributed by atoms with Gasteiger partial charge < -0.3 is 14.8 Å². The topological polar surface area (TPSA) is 71.3 Å². The highest BCUT2D eigenvalue weighted by molar-refractivity contribution is 9.11. The highest BCUT2D eigenvalue weighted by atomic mass is 79.9. The van der Waals surface area contributed by atoms with Crippen molar-refractivity contribution in [1.29, 1.82) is 5.26 Å². The van der Waals surface area contributed by atoms with E-state index in [1.165, 1.54) is 7.11 Å². The Morgan fingerprint density at radius 2 is 2.00 bits per heavy atom. The molecule has 0 radical (unpaired) electrons. The molecule has 2 aromatic rings. The van der Waals surface area contributed by atoms with Crippen molar-refractivity contribution in [2.45, 2.75) is 12.8 Å². The van der Waals surface area contributed by atoms with Crippen molar-refractivity contribution in [3.63, 3.8) is 0 Å². The fourth-order valence-electron chi connectivity index (χ4n) is 2.07. The summed E-state index contributed by atoms with van der Waals surface area (Å²) < 4.78 is 12.6. The van der Waals surface area contributed by atoms with E-state index >= 15 is 0 Å². The molecule has 0 aliphatic rings. The molecule has 0 aliphatic heterocycles. The van der Waals surface area contributed by atoms with Crippen LogP contribution >= 0.6 is 31.9 Å². The van der Waals surface area contributed by atoms with Crippen molar-refractivity contribution in [3.05, 3.63) is 50.9 Å². The van der Waals surface area contributed by atoms with Crippen LogP contribution in [0, 0.1) is 11.3 Å². The standard InChI is InChI=1S/C18H16Br2N2O3/c1-24-17-9-12(11-21)4-7-16(17)25-8-2-3-18(23)22-15-6-5-13(19)10-14(15)20/h4-7,9-10H,2-3,8H2,1H3,(H,22,23). The number of benzene rings is 2. The molecule has 1 N–H and O–H groups in total. The molecule has 0 saturated heterocycles. The summed E-state index contributed by atoms with van der Waals surface area (Å²) in [5.41, 5.74) is 1.23. The lowest BCUT2D eigenvalue weighted by Crippen LogP contribution is -2.13. The van der Waals surface area contributed by atoms with Crippen LogP contribution in [-0.2, 0) is 4.79 Å². The van der Waals surface area contributed by atoms with Crippen molar-refractivity contribution in [1.82, 2.24) is 0 Å². The monoisotopic (exact) mass is 466 g/mol. The maximum absolute atomic E-state index is 12.0. The second kappa shape index (κ2) is 9.44. The molecule has 7 heteroatoms. The lowest BCUT2D eigenvalue weighted by atomic mass is 10.2. The minimum atomic E-state index is -0.0848. The van der Waals surface area contributed by atoms with Crippen LogP contribution in [0.3, 0.4) is 0 Å². The molecule has 25 heavy (non-hydrogen) atoms. The van der Waals surface area contributed by atoms with Gasteiger partial charge in [-0.25, -0.2) is 0 Å². The number of ether oxygens (including phenoxy) is 2. The Morgan fingerprint density at radius 1 is 1.20 bits per heavy atom. The van der Waals surface area contributed by atoms with Crippen LogP contribution in [0.5, 0.6) is 11.5 Å². The molecule has 130 valence electrons. The van der Waals surface area contributed by atoms with Gasteiger partial charge in [-0.1, -0.05) is 15.9 Å². The van der Waals surface area contributed by atoms with E-state index in [4.69, 9.17) is 14.7 Å². The second-order valence-corrected chi connectivity index (χ2v) is 6.87. The quantitative estimate of drug-likeness (QED) is 0.588. The van der Waals surface area contributed by atoms with E-state index in [1.807, 2.05) is 24.3 Å². The Labute approximate surface area is 163 Å². The normalized spacial score (nSPS) is 10.0. The molecule has 0 fully saturated rings. The van der Waals surface area contributed by atoms with Gasteiger partial charge in [-0.3, -0.25) is 4.79 Å². The first kappa shape index (κ1) is 19.3. The van der Waals surface area contributed by atoms with Gasteiger partial charge in [0.2, 0.25) is 5.91 Å². The van der Waals surface area contributed by atoms with Crippen LogP contribution in [0.15, 0.2) is 45.3 Å². The largest absolute Gasteiger partial charge is 0.493 e. The minimum Gasteiger partial charge on any atom is -0.493 e. The lowest BCUT2D eigenvalue weighted by Gasteiger charge is -2.11. The first-order valence-corrected chi connectivity index (χ1v) is 9.08. The highest BCUT2D eigenvalue weighted by Crippen LogP contribution is 2.28. The minimum absolute atomic E-state index is 0.0848. The number of nitriles is 1. The molecule has 0 heterocycles. The van der Waals surface area contributed by atoms with Crippen molar-refractivity contribution in [2.75, 3.05) is 19.0 Å². The maximum atomic E-state index is 12.0. The summed E-state index contributed by atoms with van der Waals surface area (Å²) in [6, 6.07) is 12.6. The summed E-state index contributed by atoms with van der Waals surface area (Å²) in [7, 11) is 1.52. The molecule has 2 rings (SSSR count). The molecule has 1 amide bonds. The average Bonchev–Trinajstić information content (AvgIpc) is 2.61. The van der Waals surface area contributed by atoms with Crippen LogP contribution in [0.4, 0.5) is 5.69 Å². The lowest BCUT2D eigenvalue weighted by molar-refractivity contribution is -0.116. The predicted molar refractivity (Wildman–Crippen MR) is 103 cm³/mol. The van der Waals surface area contributed by atoms with E-state index in [9.17, 15) is 4.79 Å². The molecule has 0 bridgehead atoms. The third kappa shape index (κ3) is 5.76. The Hall–Kier alpha value is -2.04. The fourth-order valence-corrected chi connectivity index (χ4v) is 3.22. The summed E-state index contributed by atoms with van der Waals surface area (Å²) in [4.78, 5) is 12.0. The number of carbonyl (C=O) groups excluding carboxylic acids is 1. The van der Waals surface area contributed by atoms with Gasteiger partial charge in [0.1, 0.15) is 0 Å². The Kier molecular flexibility index (Phi) is 7.29. The Balaban J connectivity index is 1.81. The van der Waals surface area contributed by atoms with Crippen LogP contribution < -0.4 is 14.8 Å². The van der Waals surface area contributed by atoms with Gasteiger partial charge in [0.05, 0.1) is 31.0 Å². The van der Waals surface area contributed by atoms with Gasteiger partial charge in [-0.2, -0.15) is 5.26 Å². The third-order valence-corrected chi connectivity index (χ3v) is 4.45. The van der Waals surface area contributed by atoms with Crippen molar-refractivity contribution < 1.29 is 14.3 Å². The van der Waals surface area contributed by atoms with Gasteiger partial charge in [-0.05, 0) is 52.7 Å². The van der Waals surface area contributed by atoms with Crippen LogP contribution in [0.25, 0.3) is 0 Å². The number of rotatable bonds is 7. The van der Waals surface area contributed by atoms with E-state index in [2.05, 4.69) is 37.2 Å². The van der Waals surface area contributed by atoms with E-state index < -0.39 is 0 Å². The molecule has 2 aromatic carbocycles. The highest BCUT2D eigenvalue weighted by Gasteiger charge is 2.08. The summed E-state index contributed by atoms with van der Waals surface area (Å²) in [5, 5.41) is 11.7. The average molecular weight is 468 g/mol. The van der Waals surface area contributed by atoms with Crippen molar-refractivity contribution in [3.8, 4) is 17.6 Å². The molecular weight excluding hydrogens is 452 g/mol. The smallest absolute Gasteiger partial charge is 0.224 e. The number of carbonyl (C=O) groups is 1. The summed E-state index contributed by atoms with van der Waals surface area (Å²) in [5.74, 6) is 0.971. The molecule has 0 aliphatic carbocycles. The van der Waals surface area contributed by atoms with E-state index in [0.717, 1.165) is 14.6 Å². The molecule has 5 nitrogen and oxygen atoms in total. The Morgan fingerprint density at radius 3 is 2.68 bits per heavy atom. The number of hydrogen-bond donors (Lipinski definition) is 1. The first-order chi connectivity index (χ1) is 12.0. The molecule has 0 unspecified atom stereocenters. The SMILES string of the molecule is COc1cc(C#N)ccc1OCCCC(=O)Nc1ccc(Br)cc1Br.